The third-order valence-corrected chi connectivity index (χ3v) is 4.99. The number of likely N-dealkylation sites (tertiary alicyclic amines) is 2. The smallest absolute Gasteiger partial charge is 0.222 e. The lowest BCUT2D eigenvalue weighted by atomic mass is 10.1. The van der Waals surface area contributed by atoms with Gasteiger partial charge in [-0.1, -0.05) is 6.92 Å². The normalized spacial score (nSPS) is 23.1. The minimum Gasteiger partial charge on any atom is -0.393 e. The number of nitrogens with one attached hydrogen (secondary N) is 2. The molecule has 0 aromatic heterocycles. The lowest BCUT2D eigenvalue weighted by Crippen LogP contribution is -2.45. The topological polar surface area (TPSA) is 80.2 Å². The molecule has 2 heterocycles. The Morgan fingerprint density at radius 3 is 2.64 bits per heavy atom. The Balaban J connectivity index is 1.70. The first-order valence-electron chi connectivity index (χ1n) is 9.85. The summed E-state index contributed by atoms with van der Waals surface area (Å²) >= 11 is 0. The summed E-state index contributed by atoms with van der Waals surface area (Å²) < 4.78 is 0. The maximum Gasteiger partial charge on any atom is 0.222 e. The van der Waals surface area contributed by atoms with Crippen LogP contribution in [0.5, 0.6) is 0 Å². The molecular weight excluding hydrogens is 318 g/mol. The van der Waals surface area contributed by atoms with E-state index in [1.54, 1.807) is 0 Å². The Morgan fingerprint density at radius 2 is 1.96 bits per heavy atom. The summed E-state index contributed by atoms with van der Waals surface area (Å²) in [6.45, 7) is 10.2. The molecule has 2 fully saturated rings. The zero-order chi connectivity index (χ0) is 18.1. The van der Waals surface area contributed by atoms with Crippen LogP contribution in [0.3, 0.4) is 0 Å². The standard InChI is InChI=1S/C18H35N5O2/c1-3-17(25)23-13-6-15(14-23)21-18(19-4-2)20-9-5-10-22-11-7-16(24)8-12-22/h15-16,24H,3-14H2,1-2H3,(H2,19,20,21). The van der Waals surface area contributed by atoms with Crippen LogP contribution in [0.1, 0.15) is 46.0 Å². The van der Waals surface area contributed by atoms with Gasteiger partial charge in [0.2, 0.25) is 5.91 Å². The van der Waals surface area contributed by atoms with Gasteiger partial charge < -0.3 is 25.5 Å². The van der Waals surface area contributed by atoms with Gasteiger partial charge in [-0.15, -0.1) is 0 Å². The van der Waals surface area contributed by atoms with Gasteiger partial charge in [0.15, 0.2) is 5.96 Å². The van der Waals surface area contributed by atoms with Crippen molar-refractivity contribution in [3.63, 3.8) is 0 Å². The lowest BCUT2D eigenvalue weighted by molar-refractivity contribution is -0.129. The minimum absolute atomic E-state index is 0.107. The number of carbonyl (C=O) groups excluding carboxylic acids is 1. The zero-order valence-corrected chi connectivity index (χ0v) is 15.8. The molecule has 2 aliphatic heterocycles. The highest BCUT2D eigenvalue weighted by molar-refractivity contribution is 5.80. The molecule has 0 aliphatic carbocycles. The van der Waals surface area contributed by atoms with Gasteiger partial charge in [0.25, 0.3) is 0 Å². The SMILES string of the molecule is CCNC(=NCCCN1CCC(O)CC1)NC1CCN(C(=O)CC)C1. The average molecular weight is 354 g/mol. The van der Waals surface area contributed by atoms with E-state index in [-0.39, 0.29) is 18.1 Å². The molecule has 1 amide bonds. The molecule has 2 rings (SSSR count). The van der Waals surface area contributed by atoms with Crippen LogP contribution < -0.4 is 10.6 Å². The number of guanidine groups is 1. The van der Waals surface area contributed by atoms with Crippen LogP contribution in [0, 0.1) is 0 Å². The quantitative estimate of drug-likeness (QED) is 0.351. The first kappa shape index (κ1) is 20.0. The van der Waals surface area contributed by atoms with Crippen molar-refractivity contribution in [2.45, 2.75) is 58.1 Å². The fourth-order valence-corrected chi connectivity index (χ4v) is 3.47. The summed E-state index contributed by atoms with van der Waals surface area (Å²) in [5, 5.41) is 16.3. The van der Waals surface area contributed by atoms with Crippen LogP contribution >= 0.6 is 0 Å². The molecule has 0 spiro atoms. The molecule has 25 heavy (non-hydrogen) atoms. The zero-order valence-electron chi connectivity index (χ0n) is 15.8. The van der Waals surface area contributed by atoms with Crippen molar-refractivity contribution in [3.05, 3.63) is 0 Å². The number of aliphatic hydroxyl groups is 1. The Kier molecular flexibility index (Phi) is 8.48. The molecule has 0 aromatic rings. The minimum atomic E-state index is -0.107. The molecule has 0 aromatic carbocycles. The van der Waals surface area contributed by atoms with E-state index < -0.39 is 0 Å². The third-order valence-electron chi connectivity index (χ3n) is 4.99. The van der Waals surface area contributed by atoms with Crippen molar-refractivity contribution in [1.29, 1.82) is 0 Å². The number of hydrogen-bond donors (Lipinski definition) is 3. The first-order valence-corrected chi connectivity index (χ1v) is 9.85. The third kappa shape index (κ3) is 6.82. The molecule has 7 nitrogen and oxygen atoms in total. The van der Waals surface area contributed by atoms with Gasteiger partial charge >= 0.3 is 0 Å². The Bertz CT molecular complexity index is 435. The molecule has 0 radical (unpaired) electrons. The maximum atomic E-state index is 11.8. The Hall–Kier alpha value is -1.34. The van der Waals surface area contributed by atoms with Gasteiger partial charge in [0.1, 0.15) is 0 Å². The van der Waals surface area contributed by atoms with Crippen LogP contribution in [-0.2, 0) is 4.79 Å². The van der Waals surface area contributed by atoms with Gasteiger partial charge in [-0.25, -0.2) is 0 Å². The van der Waals surface area contributed by atoms with Gasteiger partial charge in [-0.05, 0) is 39.2 Å². The predicted octanol–water partition coefficient (Wildman–Crippen LogP) is 0.399. The highest BCUT2D eigenvalue weighted by atomic mass is 16.3. The van der Waals surface area contributed by atoms with E-state index in [1.807, 2.05) is 11.8 Å². The van der Waals surface area contributed by atoms with Gasteiger partial charge in [0, 0.05) is 51.7 Å². The van der Waals surface area contributed by atoms with Crippen molar-refractivity contribution in [2.75, 3.05) is 45.8 Å². The van der Waals surface area contributed by atoms with Crippen LogP contribution in [0.4, 0.5) is 0 Å². The fraction of sp³-hybridized carbons (Fsp3) is 0.889. The number of rotatable bonds is 7. The molecule has 3 N–H and O–H groups in total. The summed E-state index contributed by atoms with van der Waals surface area (Å²) in [5.41, 5.74) is 0. The fourth-order valence-electron chi connectivity index (χ4n) is 3.47. The summed E-state index contributed by atoms with van der Waals surface area (Å²) in [6, 6.07) is 0.289. The maximum absolute atomic E-state index is 11.8. The van der Waals surface area contributed by atoms with E-state index in [1.165, 1.54) is 0 Å². The number of aliphatic imine (C=N–C) groups is 1. The molecule has 1 atom stereocenters. The molecule has 0 bridgehead atoms. The number of amides is 1. The van der Waals surface area contributed by atoms with Crippen molar-refractivity contribution in [1.82, 2.24) is 20.4 Å². The van der Waals surface area contributed by atoms with Crippen molar-refractivity contribution >= 4 is 11.9 Å². The number of hydrogen-bond acceptors (Lipinski definition) is 4. The van der Waals surface area contributed by atoms with Crippen LogP contribution in [0.2, 0.25) is 0 Å². The second-order valence-electron chi connectivity index (χ2n) is 7.01. The van der Waals surface area contributed by atoms with Crippen LogP contribution in [-0.4, -0.2) is 84.7 Å². The molecule has 2 saturated heterocycles. The molecule has 7 heteroatoms. The molecular formula is C18H35N5O2. The number of piperidine rings is 1. The van der Waals surface area contributed by atoms with Gasteiger partial charge in [-0.3, -0.25) is 9.79 Å². The van der Waals surface area contributed by atoms with Crippen molar-refractivity contribution in [3.8, 4) is 0 Å². The molecule has 2 aliphatic rings. The van der Waals surface area contributed by atoms with Crippen LogP contribution in [0.25, 0.3) is 0 Å². The first-order chi connectivity index (χ1) is 12.1. The number of carbonyl (C=O) groups is 1. The Morgan fingerprint density at radius 1 is 1.20 bits per heavy atom. The summed E-state index contributed by atoms with van der Waals surface area (Å²) in [5.74, 6) is 1.09. The van der Waals surface area contributed by atoms with E-state index in [0.29, 0.717) is 6.42 Å². The lowest BCUT2D eigenvalue weighted by Gasteiger charge is -2.29. The van der Waals surface area contributed by atoms with E-state index >= 15 is 0 Å². The van der Waals surface area contributed by atoms with E-state index in [0.717, 1.165) is 77.5 Å². The predicted molar refractivity (Wildman–Crippen MR) is 101 cm³/mol. The Labute approximate surface area is 151 Å². The highest BCUT2D eigenvalue weighted by Gasteiger charge is 2.25. The molecule has 1 unspecified atom stereocenters. The van der Waals surface area contributed by atoms with Crippen molar-refractivity contribution < 1.29 is 9.90 Å². The van der Waals surface area contributed by atoms with Crippen molar-refractivity contribution in [2.24, 2.45) is 4.99 Å². The van der Waals surface area contributed by atoms with E-state index in [4.69, 9.17) is 0 Å². The van der Waals surface area contributed by atoms with Gasteiger partial charge in [0.05, 0.1) is 6.10 Å². The monoisotopic (exact) mass is 353 g/mol. The van der Waals surface area contributed by atoms with Crippen LogP contribution in [0.15, 0.2) is 4.99 Å². The molecule has 144 valence electrons. The number of nitrogens with zero attached hydrogens (tertiary/aromatic N) is 3. The second-order valence-corrected chi connectivity index (χ2v) is 7.01. The second kappa shape index (κ2) is 10.6. The number of aliphatic hydroxyl groups excluding tert-OH is 1. The summed E-state index contributed by atoms with van der Waals surface area (Å²) in [7, 11) is 0. The summed E-state index contributed by atoms with van der Waals surface area (Å²) in [6.07, 6.45) is 4.26. The van der Waals surface area contributed by atoms with E-state index in [2.05, 4.69) is 27.4 Å². The van der Waals surface area contributed by atoms with E-state index in [9.17, 15) is 9.90 Å². The van der Waals surface area contributed by atoms with Gasteiger partial charge in [-0.2, -0.15) is 0 Å². The summed E-state index contributed by atoms with van der Waals surface area (Å²) in [4.78, 5) is 20.8. The highest BCUT2D eigenvalue weighted by Crippen LogP contribution is 2.11. The largest absolute Gasteiger partial charge is 0.393 e. The average Bonchev–Trinajstić information content (AvgIpc) is 3.08. The molecule has 0 saturated carbocycles.